The van der Waals surface area contributed by atoms with Crippen molar-refractivity contribution in [2.75, 3.05) is 13.1 Å². The van der Waals surface area contributed by atoms with Crippen LogP contribution in [0.5, 0.6) is 0 Å². The first-order valence-electron chi connectivity index (χ1n) is 6.30. The molecule has 3 heterocycles. The van der Waals surface area contributed by atoms with Gasteiger partial charge in [-0.15, -0.1) is 0 Å². The molecule has 0 spiro atoms. The summed E-state index contributed by atoms with van der Waals surface area (Å²) < 4.78 is 0. The highest BCUT2D eigenvalue weighted by molar-refractivity contribution is 6.01. The number of urea groups is 2. The first-order valence-corrected chi connectivity index (χ1v) is 6.30. The third-order valence-corrected chi connectivity index (χ3v) is 2.24. The Morgan fingerprint density at radius 1 is 0.826 bits per heavy atom. The van der Waals surface area contributed by atoms with Crippen LogP contribution in [0.3, 0.4) is 0 Å². The van der Waals surface area contributed by atoms with Crippen molar-refractivity contribution in [1.29, 1.82) is 0 Å². The summed E-state index contributed by atoms with van der Waals surface area (Å²) in [6.45, 7) is 0.587. The van der Waals surface area contributed by atoms with Gasteiger partial charge in [0.05, 0.1) is 6.54 Å². The number of aromatic nitrogens is 2. The van der Waals surface area contributed by atoms with Gasteiger partial charge in [0.2, 0.25) is 11.8 Å². The minimum Gasteiger partial charge on any atom is -0.337 e. The number of carbonyl (C=O) groups is 4. The van der Waals surface area contributed by atoms with E-state index in [9.17, 15) is 28.8 Å². The van der Waals surface area contributed by atoms with Gasteiger partial charge < -0.3 is 15.6 Å². The first-order chi connectivity index (χ1) is 10.9. The molecule has 12 nitrogen and oxygen atoms in total. The SMILES string of the molecule is O=C1CCNC(=O)N1.O=C1CNC(=O)N1.O=c1cc[nH]c(=O)[nH]1. The lowest BCUT2D eigenvalue weighted by Gasteiger charge is -2.10. The van der Waals surface area contributed by atoms with Crippen molar-refractivity contribution in [3.05, 3.63) is 33.1 Å². The fourth-order valence-corrected chi connectivity index (χ4v) is 1.28. The van der Waals surface area contributed by atoms with Crippen molar-refractivity contribution in [3.63, 3.8) is 0 Å². The summed E-state index contributed by atoms with van der Waals surface area (Å²) in [7, 11) is 0. The molecule has 23 heavy (non-hydrogen) atoms. The summed E-state index contributed by atoms with van der Waals surface area (Å²) >= 11 is 0. The van der Waals surface area contributed by atoms with E-state index in [1.165, 1.54) is 12.3 Å². The second-order valence-corrected chi connectivity index (χ2v) is 4.08. The van der Waals surface area contributed by atoms with E-state index in [4.69, 9.17) is 0 Å². The zero-order valence-electron chi connectivity index (χ0n) is 11.7. The van der Waals surface area contributed by atoms with Gasteiger partial charge in [-0.3, -0.25) is 30.0 Å². The average molecular weight is 326 g/mol. The summed E-state index contributed by atoms with van der Waals surface area (Å²) in [5.74, 6) is -0.459. The number of amides is 6. The first kappa shape index (κ1) is 17.6. The van der Waals surface area contributed by atoms with Crippen molar-refractivity contribution in [2.24, 2.45) is 0 Å². The second-order valence-electron chi connectivity index (χ2n) is 4.08. The zero-order chi connectivity index (χ0) is 17.2. The minimum atomic E-state index is -0.475. The number of H-pyrrole nitrogens is 2. The van der Waals surface area contributed by atoms with Gasteiger partial charge in [0.1, 0.15) is 0 Å². The molecule has 1 aromatic heterocycles. The molecule has 0 unspecified atom stereocenters. The largest absolute Gasteiger partial charge is 0.337 e. The van der Waals surface area contributed by atoms with E-state index in [1.807, 2.05) is 10.3 Å². The van der Waals surface area contributed by atoms with Gasteiger partial charge in [-0.25, -0.2) is 14.4 Å². The topological polar surface area (TPSA) is 182 Å². The van der Waals surface area contributed by atoms with Crippen LogP contribution in [0.25, 0.3) is 0 Å². The summed E-state index contributed by atoms with van der Waals surface area (Å²) in [4.78, 5) is 65.3. The Bertz CT molecular complexity index is 654. The Hall–Kier alpha value is -3.44. The number of imide groups is 2. The Morgan fingerprint density at radius 3 is 1.78 bits per heavy atom. The molecule has 0 atom stereocenters. The van der Waals surface area contributed by atoms with Crippen molar-refractivity contribution in [3.8, 4) is 0 Å². The van der Waals surface area contributed by atoms with Gasteiger partial charge in [0.25, 0.3) is 5.56 Å². The minimum absolute atomic E-state index is 0.124. The molecule has 6 amide bonds. The second kappa shape index (κ2) is 8.76. The average Bonchev–Trinajstić information content (AvgIpc) is 2.83. The number of hydrogen-bond donors (Lipinski definition) is 6. The summed E-state index contributed by atoms with van der Waals surface area (Å²) in [5, 5.41) is 8.83. The Labute approximate surface area is 128 Å². The van der Waals surface area contributed by atoms with E-state index in [2.05, 4.69) is 20.9 Å². The molecule has 0 radical (unpaired) electrons. The molecule has 12 heteroatoms. The fraction of sp³-hybridized carbons (Fsp3) is 0.273. The van der Waals surface area contributed by atoms with Crippen LogP contribution in [0.1, 0.15) is 6.42 Å². The predicted octanol–water partition coefficient (Wildman–Crippen LogP) is -2.90. The fourth-order valence-electron chi connectivity index (χ4n) is 1.28. The molecule has 124 valence electrons. The molecular formula is C11H14N6O6. The number of aromatic amines is 2. The van der Waals surface area contributed by atoms with Gasteiger partial charge in [0, 0.05) is 25.2 Å². The normalized spacial score (nSPS) is 15.7. The predicted molar refractivity (Wildman–Crippen MR) is 75.4 cm³/mol. The number of rotatable bonds is 0. The van der Waals surface area contributed by atoms with Crippen LogP contribution in [0.15, 0.2) is 21.9 Å². The lowest BCUT2D eigenvalue weighted by Crippen LogP contribution is -2.46. The van der Waals surface area contributed by atoms with E-state index in [0.29, 0.717) is 13.0 Å². The maximum Gasteiger partial charge on any atom is 0.325 e. The molecule has 1 aromatic rings. The summed E-state index contributed by atoms with van der Waals surface area (Å²) in [6.07, 6.45) is 1.69. The number of nitrogens with one attached hydrogen (secondary N) is 6. The Morgan fingerprint density at radius 2 is 1.48 bits per heavy atom. The molecule has 0 aliphatic carbocycles. The Kier molecular flexibility index (Phi) is 6.71. The molecule has 0 aromatic carbocycles. The van der Waals surface area contributed by atoms with E-state index < -0.39 is 11.7 Å². The van der Waals surface area contributed by atoms with E-state index in [0.717, 1.165) is 0 Å². The maximum atomic E-state index is 10.3. The van der Waals surface area contributed by atoms with Crippen LogP contribution in [0, 0.1) is 0 Å². The van der Waals surface area contributed by atoms with Gasteiger partial charge >= 0.3 is 17.8 Å². The molecule has 2 saturated heterocycles. The molecular weight excluding hydrogens is 312 g/mol. The smallest absolute Gasteiger partial charge is 0.325 e. The van der Waals surface area contributed by atoms with Crippen LogP contribution >= 0.6 is 0 Å². The van der Waals surface area contributed by atoms with Crippen LogP contribution in [-0.2, 0) is 9.59 Å². The number of hydrogen-bond acceptors (Lipinski definition) is 6. The lowest BCUT2D eigenvalue weighted by molar-refractivity contribution is -0.120. The molecule has 6 N–H and O–H groups in total. The maximum absolute atomic E-state index is 10.3. The van der Waals surface area contributed by atoms with Gasteiger partial charge in [0.15, 0.2) is 0 Å². The van der Waals surface area contributed by atoms with E-state index in [1.54, 1.807) is 0 Å². The van der Waals surface area contributed by atoms with Crippen LogP contribution < -0.4 is 32.5 Å². The van der Waals surface area contributed by atoms with Crippen molar-refractivity contribution < 1.29 is 19.2 Å². The van der Waals surface area contributed by atoms with Crippen molar-refractivity contribution in [2.45, 2.75) is 6.42 Å². The number of carbonyl (C=O) groups excluding carboxylic acids is 4. The third-order valence-electron chi connectivity index (χ3n) is 2.24. The van der Waals surface area contributed by atoms with Crippen molar-refractivity contribution in [1.82, 2.24) is 31.2 Å². The highest BCUT2D eigenvalue weighted by atomic mass is 16.2. The molecule has 0 bridgehead atoms. The van der Waals surface area contributed by atoms with E-state index in [-0.39, 0.29) is 29.9 Å². The summed E-state index contributed by atoms with van der Waals surface area (Å²) in [5.41, 5.74) is -0.855. The quantitative estimate of drug-likeness (QED) is 0.278. The third kappa shape index (κ3) is 7.79. The monoisotopic (exact) mass is 326 g/mol. The van der Waals surface area contributed by atoms with Crippen molar-refractivity contribution >= 4 is 23.9 Å². The van der Waals surface area contributed by atoms with Gasteiger partial charge in [-0.1, -0.05) is 0 Å². The van der Waals surface area contributed by atoms with Gasteiger partial charge in [-0.2, -0.15) is 0 Å². The standard InChI is InChI=1S/C4H6N2O2.C4H4N2O2.C3H4N2O2/c2*7-3-1-2-5-4(8)6-3;6-2-1-4-3(7)5-2/h1-2H2,(H2,5,6,7,8);1-2H,(H2,5,6,7,8);1H2,(H2,4,5,6,7). The summed E-state index contributed by atoms with van der Waals surface area (Å²) in [6, 6.07) is 0.452. The van der Waals surface area contributed by atoms with Crippen LogP contribution in [0.2, 0.25) is 0 Å². The molecule has 3 rings (SSSR count). The highest BCUT2D eigenvalue weighted by Gasteiger charge is 2.14. The molecule has 2 aliphatic heterocycles. The molecule has 0 saturated carbocycles. The van der Waals surface area contributed by atoms with Crippen LogP contribution in [-0.4, -0.2) is 46.9 Å². The highest BCUT2D eigenvalue weighted by Crippen LogP contribution is 1.82. The molecule has 2 aliphatic rings. The van der Waals surface area contributed by atoms with E-state index >= 15 is 0 Å². The van der Waals surface area contributed by atoms with Crippen LogP contribution in [0.4, 0.5) is 9.59 Å². The molecule has 2 fully saturated rings. The van der Waals surface area contributed by atoms with Gasteiger partial charge in [-0.05, 0) is 0 Å². The zero-order valence-corrected chi connectivity index (χ0v) is 11.7. The Balaban J connectivity index is 0.000000173. The lowest BCUT2D eigenvalue weighted by atomic mass is 10.3.